The second-order valence-corrected chi connectivity index (χ2v) is 6.89. The second-order valence-electron chi connectivity index (χ2n) is 5.93. The molecule has 140 valence electrons. The SMILES string of the molecule is Cc1nc(-c2nnc(N3CCC(Oc4ccncc4[N+](=O)[O-])CC3)s2)no1. The minimum Gasteiger partial charge on any atom is -0.483 e. The number of rotatable bonds is 5. The summed E-state index contributed by atoms with van der Waals surface area (Å²) in [7, 11) is 0. The fourth-order valence-electron chi connectivity index (χ4n) is 2.77. The highest BCUT2D eigenvalue weighted by Gasteiger charge is 2.26. The van der Waals surface area contributed by atoms with E-state index < -0.39 is 4.92 Å². The molecular weight excluding hydrogens is 374 g/mol. The van der Waals surface area contributed by atoms with Crippen molar-refractivity contribution in [3.63, 3.8) is 0 Å². The maximum absolute atomic E-state index is 11.1. The third-order valence-corrected chi connectivity index (χ3v) is 5.08. The largest absolute Gasteiger partial charge is 0.483 e. The van der Waals surface area contributed by atoms with Gasteiger partial charge in [0.25, 0.3) is 0 Å². The lowest BCUT2D eigenvalue weighted by Gasteiger charge is -2.31. The number of aryl methyl sites for hydroxylation is 1. The van der Waals surface area contributed by atoms with Gasteiger partial charge in [-0.05, 0) is 0 Å². The zero-order chi connectivity index (χ0) is 18.8. The molecule has 0 bridgehead atoms. The first-order valence-electron chi connectivity index (χ1n) is 8.24. The van der Waals surface area contributed by atoms with Crippen molar-refractivity contribution in [3.05, 3.63) is 34.5 Å². The number of hydrogen-bond donors (Lipinski definition) is 0. The molecule has 12 heteroatoms. The Morgan fingerprint density at radius 1 is 1.37 bits per heavy atom. The summed E-state index contributed by atoms with van der Waals surface area (Å²) in [6.07, 6.45) is 4.02. The molecule has 1 saturated heterocycles. The molecule has 1 aliphatic heterocycles. The Bertz CT molecular complexity index is 951. The van der Waals surface area contributed by atoms with E-state index in [1.807, 2.05) is 0 Å². The Balaban J connectivity index is 1.38. The zero-order valence-corrected chi connectivity index (χ0v) is 15.1. The van der Waals surface area contributed by atoms with Gasteiger partial charge in [-0.3, -0.25) is 15.1 Å². The topological polar surface area (TPSA) is 133 Å². The van der Waals surface area contributed by atoms with Crippen LogP contribution in [0.2, 0.25) is 0 Å². The first-order chi connectivity index (χ1) is 13.1. The van der Waals surface area contributed by atoms with Crippen molar-refractivity contribution in [1.29, 1.82) is 0 Å². The number of pyridine rings is 1. The van der Waals surface area contributed by atoms with Crippen LogP contribution in [0.4, 0.5) is 10.8 Å². The summed E-state index contributed by atoms with van der Waals surface area (Å²) < 4.78 is 10.8. The van der Waals surface area contributed by atoms with E-state index in [4.69, 9.17) is 9.26 Å². The molecule has 11 nitrogen and oxygen atoms in total. The average molecular weight is 389 g/mol. The molecule has 27 heavy (non-hydrogen) atoms. The molecule has 0 unspecified atom stereocenters. The van der Waals surface area contributed by atoms with Crippen LogP contribution in [-0.4, -0.2) is 49.4 Å². The highest BCUT2D eigenvalue weighted by Crippen LogP contribution is 2.31. The molecule has 1 aliphatic rings. The van der Waals surface area contributed by atoms with E-state index in [-0.39, 0.29) is 17.5 Å². The van der Waals surface area contributed by atoms with Crippen LogP contribution in [0.25, 0.3) is 10.8 Å². The van der Waals surface area contributed by atoms with E-state index in [2.05, 4.69) is 30.2 Å². The van der Waals surface area contributed by atoms with Crippen molar-refractivity contribution in [3.8, 4) is 16.6 Å². The predicted molar refractivity (Wildman–Crippen MR) is 94.7 cm³/mol. The fraction of sp³-hybridized carbons (Fsp3) is 0.400. The average Bonchev–Trinajstić information content (AvgIpc) is 3.32. The molecule has 0 saturated carbocycles. The van der Waals surface area contributed by atoms with Gasteiger partial charge >= 0.3 is 5.69 Å². The summed E-state index contributed by atoms with van der Waals surface area (Å²) in [5.41, 5.74) is -0.121. The van der Waals surface area contributed by atoms with Crippen LogP contribution in [0, 0.1) is 17.0 Å². The molecule has 0 aliphatic carbocycles. The molecule has 0 radical (unpaired) electrons. The van der Waals surface area contributed by atoms with Gasteiger partial charge in [0.05, 0.1) is 4.92 Å². The van der Waals surface area contributed by atoms with E-state index in [1.54, 1.807) is 6.92 Å². The number of aromatic nitrogens is 5. The summed E-state index contributed by atoms with van der Waals surface area (Å²) in [6, 6.07) is 1.52. The first kappa shape index (κ1) is 17.3. The van der Waals surface area contributed by atoms with E-state index in [0.29, 0.717) is 29.8 Å². The van der Waals surface area contributed by atoms with Gasteiger partial charge < -0.3 is 14.2 Å². The Hall–Kier alpha value is -3.15. The van der Waals surface area contributed by atoms with Crippen molar-refractivity contribution >= 4 is 22.2 Å². The quantitative estimate of drug-likeness (QED) is 0.472. The van der Waals surface area contributed by atoms with Crippen LogP contribution >= 0.6 is 11.3 Å². The van der Waals surface area contributed by atoms with Crippen LogP contribution in [0.1, 0.15) is 18.7 Å². The second kappa shape index (κ2) is 7.23. The van der Waals surface area contributed by atoms with Crippen LogP contribution in [0.5, 0.6) is 5.75 Å². The van der Waals surface area contributed by atoms with Gasteiger partial charge in [-0.25, -0.2) is 0 Å². The monoisotopic (exact) mass is 389 g/mol. The Morgan fingerprint density at radius 2 is 2.19 bits per heavy atom. The van der Waals surface area contributed by atoms with E-state index in [1.165, 1.54) is 29.8 Å². The molecule has 0 aromatic carbocycles. The number of hydrogen-bond acceptors (Lipinski definition) is 11. The number of anilines is 1. The molecule has 0 amide bonds. The maximum Gasteiger partial charge on any atom is 0.329 e. The van der Waals surface area contributed by atoms with Gasteiger partial charge in [0.2, 0.25) is 22.6 Å². The molecule has 0 atom stereocenters. The van der Waals surface area contributed by atoms with Gasteiger partial charge in [0.15, 0.2) is 5.01 Å². The van der Waals surface area contributed by atoms with Gasteiger partial charge in [0.1, 0.15) is 12.3 Å². The van der Waals surface area contributed by atoms with Crippen LogP contribution < -0.4 is 9.64 Å². The number of nitrogens with zero attached hydrogens (tertiary/aromatic N) is 7. The summed E-state index contributed by atoms with van der Waals surface area (Å²) in [5, 5.41) is 24.6. The first-order valence-corrected chi connectivity index (χ1v) is 9.06. The van der Waals surface area contributed by atoms with E-state index in [9.17, 15) is 10.1 Å². The number of ether oxygens (including phenoxy) is 1. The molecule has 4 heterocycles. The van der Waals surface area contributed by atoms with Crippen LogP contribution in [0.15, 0.2) is 23.0 Å². The lowest BCUT2D eigenvalue weighted by atomic mass is 10.1. The van der Waals surface area contributed by atoms with Gasteiger partial charge in [-0.1, -0.05) is 16.5 Å². The normalized spacial score (nSPS) is 15.1. The number of piperidine rings is 1. The Kier molecular flexibility index (Phi) is 4.62. The molecule has 4 rings (SSSR count). The van der Waals surface area contributed by atoms with Crippen molar-refractivity contribution in [2.24, 2.45) is 0 Å². The molecule has 3 aromatic rings. The molecule has 3 aromatic heterocycles. The summed E-state index contributed by atoms with van der Waals surface area (Å²) in [4.78, 5) is 20.6. The van der Waals surface area contributed by atoms with Crippen LogP contribution in [0.3, 0.4) is 0 Å². The standard InChI is InChI=1S/C15H15N7O4S/c1-9-17-13(20-26-9)14-18-19-15(27-14)21-6-3-10(4-7-21)25-12-2-5-16-8-11(12)22(23)24/h2,5,8,10H,3-4,6-7H2,1H3. The Labute approximate surface area is 157 Å². The highest BCUT2D eigenvalue weighted by molar-refractivity contribution is 7.18. The third kappa shape index (κ3) is 3.69. The van der Waals surface area contributed by atoms with E-state index in [0.717, 1.165) is 18.0 Å². The number of nitro groups is 1. The van der Waals surface area contributed by atoms with Crippen molar-refractivity contribution in [1.82, 2.24) is 25.3 Å². The molecule has 1 fully saturated rings. The molecule has 0 spiro atoms. The van der Waals surface area contributed by atoms with Crippen molar-refractivity contribution < 1.29 is 14.2 Å². The summed E-state index contributed by atoms with van der Waals surface area (Å²) in [5.74, 6) is 1.16. The van der Waals surface area contributed by atoms with Crippen molar-refractivity contribution in [2.45, 2.75) is 25.9 Å². The van der Waals surface area contributed by atoms with Gasteiger partial charge in [-0.15, -0.1) is 10.2 Å². The minimum absolute atomic E-state index is 0.102. The lowest BCUT2D eigenvalue weighted by Crippen LogP contribution is -2.38. The third-order valence-electron chi connectivity index (χ3n) is 4.10. The highest BCUT2D eigenvalue weighted by atomic mass is 32.1. The van der Waals surface area contributed by atoms with Gasteiger partial charge in [0, 0.05) is 45.1 Å². The Morgan fingerprint density at radius 3 is 2.89 bits per heavy atom. The fourth-order valence-corrected chi connectivity index (χ4v) is 3.60. The predicted octanol–water partition coefficient (Wildman–Crippen LogP) is 2.25. The zero-order valence-electron chi connectivity index (χ0n) is 14.3. The summed E-state index contributed by atoms with van der Waals surface area (Å²) in [6.45, 7) is 3.14. The van der Waals surface area contributed by atoms with Crippen molar-refractivity contribution in [2.75, 3.05) is 18.0 Å². The van der Waals surface area contributed by atoms with Crippen LogP contribution in [-0.2, 0) is 0 Å². The molecule has 0 N–H and O–H groups in total. The van der Waals surface area contributed by atoms with E-state index >= 15 is 0 Å². The summed E-state index contributed by atoms with van der Waals surface area (Å²) >= 11 is 1.40. The minimum atomic E-state index is -0.486. The molecular formula is C15H15N7O4S. The lowest BCUT2D eigenvalue weighted by molar-refractivity contribution is -0.386. The maximum atomic E-state index is 11.1. The van der Waals surface area contributed by atoms with Gasteiger partial charge in [-0.2, -0.15) is 4.98 Å². The smallest absolute Gasteiger partial charge is 0.329 e.